The highest BCUT2D eigenvalue weighted by Crippen LogP contribution is 2.32. The highest BCUT2D eigenvalue weighted by Gasteiger charge is 2.35. The lowest BCUT2D eigenvalue weighted by molar-refractivity contribution is -0.138. The third-order valence-corrected chi connectivity index (χ3v) is 3.97. The predicted molar refractivity (Wildman–Crippen MR) is 90.2 cm³/mol. The number of hydrogen-bond donors (Lipinski definition) is 0. The minimum atomic E-state index is -4.69. The Kier molecular flexibility index (Phi) is 5.69. The summed E-state index contributed by atoms with van der Waals surface area (Å²) in [6.07, 6.45) is -3.00. The standard InChI is InChI=1S/C19H18F3NO3/c1-4-9-23-12(2)10-15(13(23)3)17(24)11-26-18(25)14-7-5-6-8-16(14)19(20,21)22/h4-8,10H,1,9,11H2,2-3H3. The van der Waals surface area contributed by atoms with Crippen LogP contribution in [0, 0.1) is 13.8 Å². The molecular weight excluding hydrogens is 347 g/mol. The maximum atomic E-state index is 13.0. The maximum Gasteiger partial charge on any atom is 0.417 e. The molecule has 0 aliphatic heterocycles. The monoisotopic (exact) mass is 365 g/mol. The van der Waals surface area contributed by atoms with Crippen molar-refractivity contribution in [3.05, 3.63) is 71.1 Å². The van der Waals surface area contributed by atoms with Gasteiger partial charge in [0.1, 0.15) is 0 Å². The van der Waals surface area contributed by atoms with Crippen molar-refractivity contribution >= 4 is 11.8 Å². The van der Waals surface area contributed by atoms with Gasteiger partial charge in [-0.1, -0.05) is 18.2 Å². The van der Waals surface area contributed by atoms with E-state index in [-0.39, 0.29) is 0 Å². The van der Waals surface area contributed by atoms with E-state index in [9.17, 15) is 22.8 Å². The van der Waals surface area contributed by atoms with Crippen molar-refractivity contribution in [2.45, 2.75) is 26.6 Å². The van der Waals surface area contributed by atoms with Crippen molar-refractivity contribution in [1.82, 2.24) is 4.57 Å². The third-order valence-electron chi connectivity index (χ3n) is 3.97. The van der Waals surface area contributed by atoms with Gasteiger partial charge in [0.2, 0.25) is 5.78 Å². The van der Waals surface area contributed by atoms with E-state index >= 15 is 0 Å². The molecule has 1 aromatic heterocycles. The average molecular weight is 365 g/mol. The topological polar surface area (TPSA) is 48.3 Å². The molecule has 26 heavy (non-hydrogen) atoms. The summed E-state index contributed by atoms with van der Waals surface area (Å²) in [5, 5.41) is 0. The van der Waals surface area contributed by atoms with E-state index < -0.39 is 35.7 Å². The third kappa shape index (κ3) is 4.04. The molecule has 0 unspecified atom stereocenters. The number of carbonyl (C=O) groups excluding carboxylic acids is 2. The Labute approximate surface area is 148 Å². The molecule has 0 bridgehead atoms. The number of alkyl halides is 3. The van der Waals surface area contributed by atoms with Gasteiger partial charge in [-0.2, -0.15) is 13.2 Å². The fraction of sp³-hybridized carbons (Fsp3) is 0.263. The van der Waals surface area contributed by atoms with Crippen LogP contribution >= 0.6 is 0 Å². The quantitative estimate of drug-likeness (QED) is 0.434. The summed E-state index contributed by atoms with van der Waals surface area (Å²) >= 11 is 0. The van der Waals surface area contributed by atoms with Gasteiger partial charge >= 0.3 is 12.1 Å². The van der Waals surface area contributed by atoms with Crippen molar-refractivity contribution in [3.63, 3.8) is 0 Å². The van der Waals surface area contributed by atoms with E-state index in [4.69, 9.17) is 4.74 Å². The number of ether oxygens (including phenoxy) is 1. The van der Waals surface area contributed by atoms with E-state index in [1.165, 1.54) is 12.1 Å². The molecule has 1 aromatic carbocycles. The predicted octanol–water partition coefficient (Wildman–Crippen LogP) is 4.35. The molecule has 138 valence electrons. The summed E-state index contributed by atoms with van der Waals surface area (Å²) in [7, 11) is 0. The molecule has 7 heteroatoms. The first-order chi connectivity index (χ1) is 12.2. The van der Waals surface area contributed by atoms with E-state index in [1.807, 2.05) is 11.5 Å². The zero-order chi connectivity index (χ0) is 19.5. The lowest BCUT2D eigenvalue weighted by Gasteiger charge is -2.12. The largest absolute Gasteiger partial charge is 0.454 e. The second kappa shape index (κ2) is 7.59. The minimum Gasteiger partial charge on any atom is -0.454 e. The Hall–Kier alpha value is -2.83. The van der Waals surface area contributed by atoms with Gasteiger partial charge in [-0.05, 0) is 32.0 Å². The van der Waals surface area contributed by atoms with Crippen LogP contribution in [0.2, 0.25) is 0 Å². The van der Waals surface area contributed by atoms with E-state index in [0.29, 0.717) is 17.8 Å². The average Bonchev–Trinajstić information content (AvgIpc) is 2.87. The number of allylic oxidation sites excluding steroid dienone is 1. The first-order valence-corrected chi connectivity index (χ1v) is 7.81. The van der Waals surface area contributed by atoms with Crippen LogP contribution in [0.3, 0.4) is 0 Å². The number of esters is 1. The van der Waals surface area contributed by atoms with E-state index in [0.717, 1.165) is 17.8 Å². The fourth-order valence-corrected chi connectivity index (χ4v) is 2.69. The number of carbonyl (C=O) groups is 2. The molecule has 0 aliphatic carbocycles. The molecule has 2 aromatic rings. The molecule has 0 atom stereocenters. The van der Waals surface area contributed by atoms with Crippen LogP contribution in [-0.2, 0) is 17.5 Å². The van der Waals surface area contributed by atoms with Gasteiger partial charge in [-0.15, -0.1) is 6.58 Å². The fourth-order valence-electron chi connectivity index (χ4n) is 2.69. The van der Waals surface area contributed by atoms with Crippen molar-refractivity contribution < 1.29 is 27.5 Å². The van der Waals surface area contributed by atoms with Crippen LogP contribution in [-0.4, -0.2) is 22.9 Å². The molecular formula is C19H18F3NO3. The van der Waals surface area contributed by atoms with Crippen LogP contribution < -0.4 is 0 Å². The van der Waals surface area contributed by atoms with Crippen molar-refractivity contribution in [3.8, 4) is 0 Å². The lowest BCUT2D eigenvalue weighted by atomic mass is 10.1. The number of benzene rings is 1. The normalized spacial score (nSPS) is 11.3. The van der Waals surface area contributed by atoms with Crippen molar-refractivity contribution in [2.24, 2.45) is 0 Å². The number of hydrogen-bond acceptors (Lipinski definition) is 3. The van der Waals surface area contributed by atoms with Gasteiger partial charge in [-0.3, -0.25) is 4.79 Å². The van der Waals surface area contributed by atoms with Crippen LogP contribution in [0.4, 0.5) is 13.2 Å². The Morgan fingerprint density at radius 3 is 2.46 bits per heavy atom. The molecule has 0 aliphatic rings. The molecule has 2 rings (SSSR count). The molecule has 0 radical (unpaired) electrons. The summed E-state index contributed by atoms with van der Waals surface area (Å²) in [6.45, 7) is 7.09. The first kappa shape index (κ1) is 19.5. The SMILES string of the molecule is C=CCn1c(C)cc(C(=O)COC(=O)c2ccccc2C(F)(F)F)c1C. The van der Waals surface area contributed by atoms with Crippen molar-refractivity contribution in [1.29, 1.82) is 0 Å². The van der Waals surface area contributed by atoms with Crippen LogP contribution in [0.25, 0.3) is 0 Å². The van der Waals surface area contributed by atoms with Gasteiger partial charge in [0, 0.05) is 23.5 Å². The highest BCUT2D eigenvalue weighted by molar-refractivity contribution is 6.00. The lowest BCUT2D eigenvalue weighted by Crippen LogP contribution is -2.18. The van der Waals surface area contributed by atoms with Gasteiger partial charge in [0.25, 0.3) is 0 Å². The van der Waals surface area contributed by atoms with E-state index in [1.54, 1.807) is 19.1 Å². The van der Waals surface area contributed by atoms with Crippen LogP contribution in [0.1, 0.15) is 37.7 Å². The molecule has 0 spiro atoms. The molecule has 0 saturated carbocycles. The van der Waals surface area contributed by atoms with Gasteiger partial charge in [-0.25, -0.2) is 4.79 Å². The second-order valence-corrected chi connectivity index (χ2v) is 5.73. The summed E-state index contributed by atoms with van der Waals surface area (Å²) in [6, 6.07) is 5.95. The molecule has 4 nitrogen and oxygen atoms in total. The van der Waals surface area contributed by atoms with Crippen molar-refractivity contribution in [2.75, 3.05) is 6.61 Å². The summed E-state index contributed by atoms with van der Waals surface area (Å²) < 4.78 is 45.6. The van der Waals surface area contributed by atoms with Gasteiger partial charge in [0.05, 0.1) is 11.1 Å². The summed E-state index contributed by atoms with van der Waals surface area (Å²) in [5.41, 5.74) is 0.159. The zero-order valence-corrected chi connectivity index (χ0v) is 14.4. The number of nitrogens with zero attached hydrogens (tertiary/aromatic N) is 1. The molecule has 0 amide bonds. The molecule has 0 saturated heterocycles. The molecule has 0 fully saturated rings. The number of ketones is 1. The Morgan fingerprint density at radius 2 is 1.85 bits per heavy atom. The number of aromatic nitrogens is 1. The summed E-state index contributed by atoms with van der Waals surface area (Å²) in [5.74, 6) is -1.67. The zero-order valence-electron chi connectivity index (χ0n) is 14.4. The Morgan fingerprint density at radius 1 is 1.19 bits per heavy atom. The number of aryl methyl sites for hydroxylation is 1. The smallest absolute Gasteiger partial charge is 0.417 e. The number of rotatable bonds is 6. The number of Topliss-reactive ketones (excluding diaryl/α,β-unsaturated/α-hetero) is 1. The van der Waals surface area contributed by atoms with Crippen LogP contribution in [0.5, 0.6) is 0 Å². The van der Waals surface area contributed by atoms with Crippen LogP contribution in [0.15, 0.2) is 43.0 Å². The van der Waals surface area contributed by atoms with Gasteiger partial charge < -0.3 is 9.30 Å². The number of halogens is 3. The van der Waals surface area contributed by atoms with E-state index in [2.05, 4.69) is 6.58 Å². The highest BCUT2D eigenvalue weighted by atomic mass is 19.4. The summed E-state index contributed by atoms with van der Waals surface area (Å²) in [4.78, 5) is 24.3. The molecule has 0 N–H and O–H groups in total. The Bertz CT molecular complexity index is 850. The maximum absolute atomic E-state index is 13.0. The first-order valence-electron chi connectivity index (χ1n) is 7.81. The second-order valence-electron chi connectivity index (χ2n) is 5.73. The minimum absolute atomic E-state index is 0.362. The molecule has 1 heterocycles. The van der Waals surface area contributed by atoms with Gasteiger partial charge in [0.15, 0.2) is 6.61 Å². The Balaban J connectivity index is 2.15.